The van der Waals surface area contributed by atoms with Crippen LogP contribution in [0.4, 0.5) is 0 Å². The van der Waals surface area contributed by atoms with Gasteiger partial charge in [0.15, 0.2) is 12.1 Å². The second kappa shape index (κ2) is 7.43. The first-order valence-electron chi connectivity index (χ1n) is 7.24. The average molecular weight is 344 g/mol. The summed E-state index contributed by atoms with van der Waals surface area (Å²) in [6.45, 7) is 0.305. The number of rotatable bonds is 5. The van der Waals surface area contributed by atoms with Crippen LogP contribution in [0.5, 0.6) is 11.5 Å². The number of aromatic hydroxyl groups is 2. The van der Waals surface area contributed by atoms with Gasteiger partial charge in [-0.1, -0.05) is 0 Å². The molecular formula is C15H20O9. The van der Waals surface area contributed by atoms with E-state index in [4.69, 9.17) is 14.6 Å². The fraction of sp³-hybridized carbons (Fsp3) is 0.533. The smallest absolute Gasteiger partial charge is 0.192 e. The number of aliphatic hydroxyl groups excluding tert-OH is 4. The van der Waals surface area contributed by atoms with Crippen LogP contribution in [0.15, 0.2) is 12.1 Å². The van der Waals surface area contributed by atoms with Crippen LogP contribution in [0.3, 0.4) is 0 Å². The minimum atomic E-state index is -1.62. The molecule has 0 spiro atoms. The number of hydrogen-bond donors (Lipinski definition) is 6. The Morgan fingerprint density at radius 1 is 1.17 bits per heavy atom. The molecule has 1 aliphatic heterocycles. The minimum Gasteiger partial charge on any atom is -0.508 e. The third kappa shape index (κ3) is 3.66. The summed E-state index contributed by atoms with van der Waals surface area (Å²) in [5.41, 5.74) is 0.271. The van der Waals surface area contributed by atoms with Crippen LogP contribution < -0.4 is 0 Å². The first-order chi connectivity index (χ1) is 11.3. The van der Waals surface area contributed by atoms with E-state index in [-0.39, 0.29) is 11.3 Å². The zero-order valence-corrected chi connectivity index (χ0v) is 12.9. The van der Waals surface area contributed by atoms with Crippen molar-refractivity contribution in [2.45, 2.75) is 37.6 Å². The van der Waals surface area contributed by atoms with E-state index in [1.807, 2.05) is 0 Å². The molecule has 2 rings (SSSR count). The number of phenolic OH excluding ortho intramolecular Hbond substituents is 2. The van der Waals surface area contributed by atoms with Gasteiger partial charge < -0.3 is 40.1 Å². The van der Waals surface area contributed by atoms with Gasteiger partial charge in [0.2, 0.25) is 0 Å². The van der Waals surface area contributed by atoms with Gasteiger partial charge in [-0.15, -0.1) is 0 Å². The zero-order chi connectivity index (χ0) is 18.0. The Hall–Kier alpha value is -1.75. The maximum Gasteiger partial charge on any atom is 0.192 e. The highest BCUT2D eigenvalue weighted by atomic mass is 16.7. The Morgan fingerprint density at radius 2 is 1.83 bits per heavy atom. The van der Waals surface area contributed by atoms with Crippen molar-refractivity contribution in [2.24, 2.45) is 0 Å². The van der Waals surface area contributed by atoms with Crippen LogP contribution in [-0.2, 0) is 9.47 Å². The Balaban J connectivity index is 2.06. The van der Waals surface area contributed by atoms with E-state index in [1.54, 1.807) is 0 Å². The lowest BCUT2D eigenvalue weighted by molar-refractivity contribution is -0.298. The van der Waals surface area contributed by atoms with Crippen LogP contribution in [0.1, 0.15) is 15.9 Å². The van der Waals surface area contributed by atoms with Crippen LogP contribution in [0.2, 0.25) is 0 Å². The SMILES string of the molecule is Cc1cc(O)cc(O)c1C(=O)CO[C@@H]1O[C@H](CO)[C@@H](O)[C@H](O)[C@H]1O. The molecule has 6 N–H and O–H groups in total. The monoisotopic (exact) mass is 344 g/mol. The van der Waals surface area contributed by atoms with Crippen molar-refractivity contribution >= 4 is 5.78 Å². The summed E-state index contributed by atoms with van der Waals surface area (Å²) in [6, 6.07) is 2.30. The molecule has 0 radical (unpaired) electrons. The second-order valence-corrected chi connectivity index (χ2v) is 5.59. The van der Waals surface area contributed by atoms with E-state index >= 15 is 0 Å². The van der Waals surface area contributed by atoms with Gasteiger partial charge in [0, 0.05) is 6.07 Å². The van der Waals surface area contributed by atoms with Crippen molar-refractivity contribution < 1.29 is 44.9 Å². The first-order valence-corrected chi connectivity index (χ1v) is 7.24. The molecule has 0 aliphatic carbocycles. The van der Waals surface area contributed by atoms with Gasteiger partial charge in [-0.2, -0.15) is 0 Å². The molecule has 1 fully saturated rings. The quantitative estimate of drug-likeness (QED) is 0.346. The Labute approximate surface area is 137 Å². The molecule has 24 heavy (non-hydrogen) atoms. The maximum atomic E-state index is 12.2. The number of carbonyl (C=O) groups is 1. The topological polar surface area (TPSA) is 157 Å². The van der Waals surface area contributed by atoms with Gasteiger partial charge in [0.1, 0.15) is 42.5 Å². The fourth-order valence-corrected chi connectivity index (χ4v) is 2.55. The Bertz CT molecular complexity index is 578. The lowest BCUT2D eigenvalue weighted by atomic mass is 9.99. The van der Waals surface area contributed by atoms with E-state index in [9.17, 15) is 30.3 Å². The summed E-state index contributed by atoms with van der Waals surface area (Å²) in [5.74, 6) is -1.26. The highest BCUT2D eigenvalue weighted by molar-refractivity contribution is 6.01. The summed E-state index contributed by atoms with van der Waals surface area (Å²) >= 11 is 0. The highest BCUT2D eigenvalue weighted by Gasteiger charge is 2.44. The Kier molecular flexibility index (Phi) is 5.75. The van der Waals surface area contributed by atoms with Gasteiger partial charge in [-0.05, 0) is 18.6 Å². The van der Waals surface area contributed by atoms with Gasteiger partial charge in [0.25, 0.3) is 0 Å². The Morgan fingerprint density at radius 3 is 2.42 bits per heavy atom. The number of phenols is 2. The van der Waals surface area contributed by atoms with Crippen LogP contribution in [-0.4, -0.2) is 80.3 Å². The van der Waals surface area contributed by atoms with Gasteiger partial charge in [0.05, 0.1) is 12.2 Å². The van der Waals surface area contributed by atoms with E-state index in [2.05, 4.69) is 0 Å². The molecule has 1 heterocycles. The molecule has 1 aromatic carbocycles. The van der Waals surface area contributed by atoms with Crippen LogP contribution >= 0.6 is 0 Å². The number of aliphatic hydroxyl groups is 4. The number of ketones is 1. The maximum absolute atomic E-state index is 12.2. The summed E-state index contributed by atoms with van der Waals surface area (Å²) < 4.78 is 10.2. The van der Waals surface area contributed by atoms with Crippen LogP contribution in [0, 0.1) is 6.92 Å². The standard InChI is InChI=1S/C15H20O9/c1-6-2-7(17)3-8(18)11(6)9(19)5-23-15-14(22)13(21)12(20)10(4-16)24-15/h2-3,10,12-18,20-22H,4-5H2,1H3/t10-,12-,13+,14-,15-/m1/s1. The van der Waals surface area contributed by atoms with Crippen molar-refractivity contribution in [2.75, 3.05) is 13.2 Å². The van der Waals surface area contributed by atoms with Crippen LogP contribution in [0.25, 0.3) is 0 Å². The normalized spacial score (nSPS) is 30.3. The number of hydrogen-bond acceptors (Lipinski definition) is 9. The van der Waals surface area contributed by atoms with Crippen molar-refractivity contribution in [1.29, 1.82) is 0 Å². The molecule has 0 bridgehead atoms. The zero-order valence-electron chi connectivity index (χ0n) is 12.9. The van der Waals surface area contributed by atoms with Crippen molar-refractivity contribution in [3.05, 3.63) is 23.3 Å². The van der Waals surface area contributed by atoms with Gasteiger partial charge in [-0.3, -0.25) is 4.79 Å². The predicted octanol–water partition coefficient (Wildman–Crippen LogP) is -1.59. The predicted molar refractivity (Wildman–Crippen MR) is 78.6 cm³/mol. The number of Topliss-reactive ketones (excluding diaryl/α,β-unsaturated/α-hetero) is 1. The summed E-state index contributed by atoms with van der Waals surface area (Å²) in [4.78, 5) is 12.2. The molecule has 1 aliphatic rings. The molecule has 0 amide bonds. The molecule has 1 saturated heterocycles. The molecule has 9 heteroatoms. The third-order valence-electron chi connectivity index (χ3n) is 3.81. The third-order valence-corrected chi connectivity index (χ3v) is 3.81. The van der Waals surface area contributed by atoms with Crippen molar-refractivity contribution in [3.8, 4) is 11.5 Å². The molecule has 0 unspecified atom stereocenters. The largest absolute Gasteiger partial charge is 0.508 e. The van der Waals surface area contributed by atoms with Crippen molar-refractivity contribution in [3.63, 3.8) is 0 Å². The summed E-state index contributed by atoms with van der Waals surface area (Å²) in [7, 11) is 0. The van der Waals surface area contributed by atoms with E-state index in [0.717, 1.165) is 6.07 Å². The van der Waals surface area contributed by atoms with Gasteiger partial charge in [-0.25, -0.2) is 0 Å². The number of aryl methyl sites for hydroxylation is 1. The summed E-state index contributed by atoms with van der Waals surface area (Å²) in [5, 5.41) is 57.3. The summed E-state index contributed by atoms with van der Waals surface area (Å²) in [6.07, 6.45) is -7.34. The van der Waals surface area contributed by atoms with Gasteiger partial charge >= 0.3 is 0 Å². The fourth-order valence-electron chi connectivity index (χ4n) is 2.55. The molecule has 9 nitrogen and oxygen atoms in total. The molecule has 0 aromatic heterocycles. The number of benzene rings is 1. The van der Waals surface area contributed by atoms with E-state index in [1.165, 1.54) is 13.0 Å². The molecular weight excluding hydrogens is 324 g/mol. The first kappa shape index (κ1) is 18.6. The van der Waals surface area contributed by atoms with E-state index in [0.29, 0.717) is 5.56 Å². The van der Waals surface area contributed by atoms with Crippen molar-refractivity contribution in [1.82, 2.24) is 0 Å². The molecule has 134 valence electrons. The lowest BCUT2D eigenvalue weighted by Crippen LogP contribution is -2.59. The number of carbonyl (C=O) groups excluding carboxylic acids is 1. The molecule has 1 aromatic rings. The lowest BCUT2D eigenvalue weighted by Gasteiger charge is -2.39. The number of ether oxygens (including phenoxy) is 2. The average Bonchev–Trinajstić information content (AvgIpc) is 2.51. The molecule has 0 saturated carbocycles. The second-order valence-electron chi connectivity index (χ2n) is 5.59. The molecule has 5 atom stereocenters. The highest BCUT2D eigenvalue weighted by Crippen LogP contribution is 2.28. The minimum absolute atomic E-state index is 0.0580. The van der Waals surface area contributed by atoms with E-state index < -0.39 is 55.5 Å².